The van der Waals surface area contributed by atoms with Gasteiger partial charge in [0, 0.05) is 23.8 Å². The Balaban J connectivity index is 2.10. The largest absolute Gasteiger partial charge is 0.462 e. The zero-order chi connectivity index (χ0) is 28.9. The predicted molar refractivity (Wildman–Crippen MR) is 141 cm³/mol. The van der Waals surface area contributed by atoms with Crippen LogP contribution in [-0.4, -0.2) is 63.0 Å². The molecule has 38 heavy (non-hydrogen) atoms. The van der Waals surface area contributed by atoms with Crippen molar-refractivity contribution in [2.24, 2.45) is 5.41 Å². The van der Waals surface area contributed by atoms with Gasteiger partial charge in [0.15, 0.2) is 11.3 Å². The molecule has 2 rings (SSSR count). The normalized spacial score (nSPS) is 24.2. The van der Waals surface area contributed by atoms with Crippen molar-refractivity contribution in [1.29, 1.82) is 0 Å². The second-order valence-corrected chi connectivity index (χ2v) is 13.4. The number of nitrogens with one attached hydrogen (secondary N) is 1. The zero-order valence-electron chi connectivity index (χ0n) is 22.1. The molecule has 1 fully saturated rings. The number of nitrogens with zero attached hydrogens (tertiary/aromatic N) is 2. The van der Waals surface area contributed by atoms with E-state index in [1.807, 2.05) is 0 Å². The van der Waals surface area contributed by atoms with E-state index >= 15 is 4.39 Å². The summed E-state index contributed by atoms with van der Waals surface area (Å²) in [6.07, 6.45) is -2.23. The van der Waals surface area contributed by atoms with Gasteiger partial charge in [-0.15, -0.1) is 0 Å². The summed E-state index contributed by atoms with van der Waals surface area (Å²) in [7, 11) is -4.19. The van der Waals surface area contributed by atoms with Gasteiger partial charge in [-0.25, -0.2) is 18.8 Å². The first kappa shape index (κ1) is 32.7. The lowest BCUT2D eigenvalue weighted by molar-refractivity contribution is -0.149. The number of hydrogen-bond acceptors (Lipinski definition) is 11. The molecular weight excluding hydrogens is 566 g/mol. The summed E-state index contributed by atoms with van der Waals surface area (Å²) in [4.78, 5) is 40.1. The lowest BCUT2D eigenvalue weighted by Gasteiger charge is -2.24. The standard InChI is InChI=1S/C22H35ClFN4O8PS/c1-13(2)35-17(29)14(3)27-37(32,33-9-10-38-19(30)21(4,5)6)34-12-15-11-22(23,24)18(36-15)28-8-7-16(25)26-20(28)31/h7-8,13-15,18H,9-12H2,1-6H3,(H,27,32)(H2,25,26,31)/t14-,15+,18-,22+,37+/m1/s1. The highest BCUT2D eigenvalue weighted by atomic mass is 35.5. The van der Waals surface area contributed by atoms with Gasteiger partial charge in [-0.3, -0.25) is 23.2 Å². The van der Waals surface area contributed by atoms with Gasteiger partial charge in [0.1, 0.15) is 11.9 Å². The molecule has 0 radical (unpaired) electrons. The molecule has 3 N–H and O–H groups in total. The maximum Gasteiger partial charge on any atom is 0.406 e. The van der Waals surface area contributed by atoms with Gasteiger partial charge in [0.2, 0.25) is 5.13 Å². The molecule has 1 saturated heterocycles. The van der Waals surface area contributed by atoms with Crippen molar-refractivity contribution in [3.8, 4) is 0 Å². The summed E-state index contributed by atoms with van der Waals surface area (Å²) in [5, 5.41) is -0.0922. The van der Waals surface area contributed by atoms with Gasteiger partial charge in [-0.05, 0) is 26.8 Å². The van der Waals surface area contributed by atoms with E-state index < -0.39 is 67.5 Å². The molecule has 5 atom stereocenters. The van der Waals surface area contributed by atoms with Crippen LogP contribution in [-0.2, 0) is 32.7 Å². The van der Waals surface area contributed by atoms with Crippen LogP contribution in [0.1, 0.15) is 54.2 Å². The Morgan fingerprint density at radius 1 is 1.39 bits per heavy atom. The van der Waals surface area contributed by atoms with Gasteiger partial charge < -0.3 is 15.2 Å². The molecule has 0 saturated carbocycles. The van der Waals surface area contributed by atoms with E-state index in [0.29, 0.717) is 0 Å². The molecule has 2 heterocycles. The highest BCUT2D eigenvalue weighted by molar-refractivity contribution is 8.13. The van der Waals surface area contributed by atoms with Gasteiger partial charge in [-0.1, -0.05) is 44.1 Å². The molecule has 0 aromatic carbocycles. The first-order valence-electron chi connectivity index (χ1n) is 11.9. The Hall–Kier alpha value is -1.54. The number of nitrogen functional groups attached to an aromatic ring is 1. The first-order valence-corrected chi connectivity index (χ1v) is 14.8. The second kappa shape index (κ2) is 13.2. The van der Waals surface area contributed by atoms with Gasteiger partial charge in [-0.2, -0.15) is 4.98 Å². The minimum atomic E-state index is -4.19. The monoisotopic (exact) mass is 600 g/mol. The van der Waals surface area contributed by atoms with Crippen LogP contribution in [0.25, 0.3) is 0 Å². The van der Waals surface area contributed by atoms with Crippen LogP contribution in [0.4, 0.5) is 10.2 Å². The number of aromatic nitrogens is 2. The van der Waals surface area contributed by atoms with E-state index in [0.717, 1.165) is 16.3 Å². The lowest BCUT2D eigenvalue weighted by atomic mass is 10.00. The smallest absolute Gasteiger partial charge is 0.406 e. The summed E-state index contributed by atoms with van der Waals surface area (Å²) >= 11 is 6.99. The molecule has 0 unspecified atom stereocenters. The van der Waals surface area contributed by atoms with Gasteiger partial charge >= 0.3 is 19.4 Å². The van der Waals surface area contributed by atoms with Crippen LogP contribution >= 0.6 is 31.1 Å². The van der Waals surface area contributed by atoms with E-state index in [2.05, 4.69) is 10.1 Å². The summed E-state index contributed by atoms with van der Waals surface area (Å²) in [5.41, 5.74) is 4.04. The number of carbonyl (C=O) groups is 2. The molecule has 216 valence electrons. The fraction of sp³-hybridized carbons (Fsp3) is 0.727. The number of nitrogens with two attached hydrogens (primary N) is 1. The van der Waals surface area contributed by atoms with Crippen LogP contribution in [0.3, 0.4) is 0 Å². The molecule has 0 aliphatic carbocycles. The average molecular weight is 601 g/mol. The fourth-order valence-corrected chi connectivity index (χ4v) is 5.87. The quantitative estimate of drug-likeness (QED) is 0.156. The predicted octanol–water partition coefficient (Wildman–Crippen LogP) is 3.39. The SMILES string of the molecule is CC(C)OC(=O)[C@@H](C)N[P@](=O)(OCCSC(=O)C(C)(C)C)OC[C@@H]1C[C@@](F)(Cl)[C@H](n2ccc(N)nc2=O)O1. The molecule has 0 bridgehead atoms. The lowest BCUT2D eigenvalue weighted by Crippen LogP contribution is -2.36. The molecule has 12 nitrogen and oxygen atoms in total. The van der Waals surface area contributed by atoms with E-state index in [1.165, 1.54) is 19.2 Å². The van der Waals surface area contributed by atoms with Crippen molar-refractivity contribution in [1.82, 2.24) is 14.6 Å². The van der Waals surface area contributed by atoms with E-state index in [4.69, 9.17) is 35.9 Å². The summed E-state index contributed by atoms with van der Waals surface area (Å²) < 4.78 is 51.1. The number of thioether (sulfide) groups is 1. The Labute approximate surface area is 230 Å². The molecule has 1 aliphatic rings. The van der Waals surface area contributed by atoms with Crippen molar-refractivity contribution in [3.05, 3.63) is 22.7 Å². The van der Waals surface area contributed by atoms with E-state index in [9.17, 15) is 18.9 Å². The number of alkyl halides is 2. The van der Waals surface area contributed by atoms with Crippen molar-refractivity contribution < 1.29 is 37.1 Å². The highest BCUT2D eigenvalue weighted by Crippen LogP contribution is 2.48. The molecule has 0 spiro atoms. The number of esters is 1. The summed E-state index contributed by atoms with van der Waals surface area (Å²) in [6.45, 7) is 9.42. The molecule has 1 aliphatic heterocycles. The van der Waals surface area contributed by atoms with Crippen LogP contribution < -0.4 is 16.5 Å². The Kier molecular flexibility index (Phi) is 11.4. The average Bonchev–Trinajstić information content (AvgIpc) is 3.08. The molecule has 16 heteroatoms. The van der Waals surface area contributed by atoms with Gasteiger partial charge in [0.05, 0.1) is 25.4 Å². The maximum absolute atomic E-state index is 15.1. The second-order valence-electron chi connectivity index (χ2n) is 9.97. The zero-order valence-corrected chi connectivity index (χ0v) is 24.6. The number of anilines is 1. The number of ether oxygens (including phenoxy) is 2. The minimum absolute atomic E-state index is 0.0557. The van der Waals surface area contributed by atoms with E-state index in [-0.39, 0.29) is 23.3 Å². The molecular formula is C22H35ClFN4O8PS. The number of carbonyl (C=O) groups excluding carboxylic acids is 2. The topological polar surface area (TPSA) is 161 Å². The Bertz CT molecular complexity index is 1100. The van der Waals surface area contributed by atoms with Crippen LogP contribution in [0.5, 0.6) is 0 Å². The number of rotatable bonds is 12. The minimum Gasteiger partial charge on any atom is -0.462 e. The maximum atomic E-state index is 15.1. The Morgan fingerprint density at radius 3 is 2.63 bits per heavy atom. The van der Waals surface area contributed by atoms with Gasteiger partial charge in [0.25, 0.3) is 0 Å². The van der Waals surface area contributed by atoms with Crippen LogP contribution in [0.15, 0.2) is 17.1 Å². The fourth-order valence-electron chi connectivity index (χ4n) is 3.13. The van der Waals surface area contributed by atoms with Crippen LogP contribution in [0, 0.1) is 5.41 Å². The first-order chi connectivity index (χ1) is 17.4. The molecule has 0 amide bonds. The van der Waals surface area contributed by atoms with E-state index in [1.54, 1.807) is 34.6 Å². The summed E-state index contributed by atoms with van der Waals surface area (Å²) in [5.74, 6) is -0.583. The number of halogens is 2. The molecule has 1 aromatic rings. The number of hydrogen-bond donors (Lipinski definition) is 2. The highest BCUT2D eigenvalue weighted by Gasteiger charge is 2.50. The third-order valence-corrected chi connectivity index (χ3v) is 8.27. The Morgan fingerprint density at radius 2 is 2.05 bits per heavy atom. The van der Waals surface area contributed by atoms with Crippen molar-refractivity contribution >= 4 is 48.0 Å². The van der Waals surface area contributed by atoms with Crippen molar-refractivity contribution in [2.75, 3.05) is 24.7 Å². The van der Waals surface area contributed by atoms with Crippen LogP contribution in [0.2, 0.25) is 0 Å². The summed E-state index contributed by atoms with van der Waals surface area (Å²) in [6, 6.07) is 0.199. The van der Waals surface area contributed by atoms with Crippen molar-refractivity contribution in [2.45, 2.75) is 77.6 Å². The third kappa shape index (κ3) is 9.58. The third-order valence-electron chi connectivity index (χ3n) is 4.96. The van der Waals surface area contributed by atoms with Crippen molar-refractivity contribution in [3.63, 3.8) is 0 Å². The molecule has 1 aromatic heterocycles.